The van der Waals surface area contributed by atoms with Gasteiger partial charge in [0, 0.05) is 18.5 Å². The van der Waals surface area contributed by atoms with Crippen molar-refractivity contribution in [1.29, 1.82) is 0 Å². The van der Waals surface area contributed by atoms with E-state index < -0.39 is 0 Å². The molecule has 4 heterocycles. The van der Waals surface area contributed by atoms with Gasteiger partial charge < -0.3 is 20.3 Å². The molecule has 0 atom stereocenters. The van der Waals surface area contributed by atoms with Crippen LogP contribution in [0.25, 0.3) is 10.2 Å². The standard InChI is InChI=1S/C20H24N6O3S/c1-2-22-18(27)15-12-13-16(23-20(21)24-19(13)30-15)17(14-6-5-10-28-14)25-29-11-9-26-7-3-4-8-26/h5-6,10,12H,2-4,7-9,11H2,1H3,(H,22,27)(H2,21,23,24)/b25-17+. The number of hydrogen-bond donors (Lipinski definition) is 2. The largest absolute Gasteiger partial charge is 0.463 e. The van der Waals surface area contributed by atoms with Crippen molar-refractivity contribution < 1.29 is 14.0 Å². The third kappa shape index (κ3) is 4.44. The molecule has 0 spiro atoms. The van der Waals surface area contributed by atoms with Crippen LogP contribution < -0.4 is 11.1 Å². The number of hydrogen-bond acceptors (Lipinski definition) is 9. The van der Waals surface area contributed by atoms with E-state index >= 15 is 0 Å². The molecule has 0 aromatic carbocycles. The van der Waals surface area contributed by atoms with E-state index in [9.17, 15) is 4.79 Å². The molecule has 0 saturated carbocycles. The van der Waals surface area contributed by atoms with E-state index in [-0.39, 0.29) is 11.9 Å². The number of carbonyl (C=O) groups excluding carboxylic acids is 1. The monoisotopic (exact) mass is 428 g/mol. The number of nitrogens with one attached hydrogen (secondary N) is 1. The summed E-state index contributed by atoms with van der Waals surface area (Å²) in [7, 11) is 0. The molecule has 0 bridgehead atoms. The van der Waals surface area contributed by atoms with Crippen LogP contribution >= 0.6 is 11.3 Å². The van der Waals surface area contributed by atoms with Crippen LogP contribution in [-0.4, -0.2) is 59.3 Å². The fourth-order valence-corrected chi connectivity index (χ4v) is 4.34. The van der Waals surface area contributed by atoms with Crippen LogP contribution in [-0.2, 0) is 4.84 Å². The molecule has 0 radical (unpaired) electrons. The van der Waals surface area contributed by atoms with Gasteiger partial charge in [-0.05, 0) is 51.1 Å². The van der Waals surface area contributed by atoms with Gasteiger partial charge in [0.15, 0.2) is 11.5 Å². The maximum atomic E-state index is 12.3. The molecule has 9 nitrogen and oxygen atoms in total. The summed E-state index contributed by atoms with van der Waals surface area (Å²) in [6.45, 7) is 5.88. The summed E-state index contributed by atoms with van der Waals surface area (Å²) < 4.78 is 5.56. The first-order valence-corrected chi connectivity index (χ1v) is 10.8. The number of aromatic nitrogens is 2. The van der Waals surface area contributed by atoms with Gasteiger partial charge in [-0.15, -0.1) is 11.3 Å². The number of nitrogens with two attached hydrogens (primary N) is 1. The van der Waals surface area contributed by atoms with Gasteiger partial charge in [-0.1, -0.05) is 5.16 Å². The van der Waals surface area contributed by atoms with Crippen LogP contribution in [0.1, 0.15) is 40.9 Å². The van der Waals surface area contributed by atoms with Crippen LogP contribution in [0.15, 0.2) is 34.0 Å². The first kappa shape index (κ1) is 20.3. The van der Waals surface area contributed by atoms with E-state index in [0.29, 0.717) is 45.4 Å². The van der Waals surface area contributed by atoms with Gasteiger partial charge in [-0.25, -0.2) is 9.97 Å². The molecular weight excluding hydrogens is 404 g/mol. The summed E-state index contributed by atoms with van der Waals surface area (Å²) in [4.78, 5) is 30.1. The molecule has 158 valence electrons. The molecule has 4 rings (SSSR count). The molecule has 10 heteroatoms. The summed E-state index contributed by atoms with van der Waals surface area (Å²) in [5, 5.41) is 7.80. The third-order valence-corrected chi connectivity index (χ3v) is 5.83. The number of oxime groups is 1. The van der Waals surface area contributed by atoms with Crippen LogP contribution in [0.4, 0.5) is 5.95 Å². The minimum atomic E-state index is -0.164. The minimum Gasteiger partial charge on any atom is -0.463 e. The topological polar surface area (TPSA) is 119 Å². The average Bonchev–Trinajstić information content (AvgIpc) is 3.49. The number of fused-ring (bicyclic) bond motifs is 1. The molecule has 1 fully saturated rings. The number of furan rings is 1. The van der Waals surface area contributed by atoms with Crippen LogP contribution in [0.5, 0.6) is 0 Å². The van der Waals surface area contributed by atoms with E-state index in [2.05, 4.69) is 25.3 Å². The zero-order chi connectivity index (χ0) is 20.9. The Morgan fingerprint density at radius 3 is 2.97 bits per heavy atom. The number of nitrogens with zero attached hydrogens (tertiary/aromatic N) is 4. The summed E-state index contributed by atoms with van der Waals surface area (Å²) >= 11 is 1.26. The van der Waals surface area contributed by atoms with E-state index in [0.717, 1.165) is 19.6 Å². The van der Waals surface area contributed by atoms with E-state index in [1.54, 1.807) is 24.5 Å². The Bertz CT molecular complexity index is 1040. The van der Waals surface area contributed by atoms with E-state index in [4.69, 9.17) is 15.0 Å². The number of rotatable bonds is 8. The predicted octanol–water partition coefficient (Wildman–Crippen LogP) is 2.48. The smallest absolute Gasteiger partial charge is 0.261 e. The maximum Gasteiger partial charge on any atom is 0.261 e. The molecular formula is C20H24N6O3S. The first-order valence-electron chi connectivity index (χ1n) is 9.97. The van der Waals surface area contributed by atoms with Crippen molar-refractivity contribution in [2.45, 2.75) is 19.8 Å². The van der Waals surface area contributed by atoms with Gasteiger partial charge in [0.1, 0.15) is 17.1 Å². The number of nitrogen functional groups attached to an aromatic ring is 1. The van der Waals surface area contributed by atoms with Crippen LogP contribution in [0.2, 0.25) is 0 Å². The molecule has 0 aliphatic carbocycles. The highest BCUT2D eigenvalue weighted by molar-refractivity contribution is 7.20. The molecule has 30 heavy (non-hydrogen) atoms. The molecule has 1 saturated heterocycles. The predicted molar refractivity (Wildman–Crippen MR) is 116 cm³/mol. The fraction of sp³-hybridized carbons (Fsp3) is 0.400. The third-order valence-electron chi connectivity index (χ3n) is 4.80. The SMILES string of the molecule is CCNC(=O)c1cc2c(/C(=N/OCCN3CCCC3)c3ccco3)nc(N)nc2s1. The summed E-state index contributed by atoms with van der Waals surface area (Å²) in [6, 6.07) is 5.30. The lowest BCUT2D eigenvalue weighted by molar-refractivity contribution is 0.0960. The van der Waals surface area contributed by atoms with Crippen molar-refractivity contribution in [3.05, 3.63) is 40.8 Å². The second kappa shape index (κ2) is 9.23. The Balaban J connectivity index is 1.67. The van der Waals surface area contributed by atoms with Crippen molar-refractivity contribution in [2.75, 3.05) is 38.5 Å². The summed E-state index contributed by atoms with van der Waals surface area (Å²) in [5.74, 6) is 0.433. The van der Waals surface area contributed by atoms with Crippen molar-refractivity contribution in [2.24, 2.45) is 5.16 Å². The molecule has 3 N–H and O–H groups in total. The fourth-order valence-electron chi connectivity index (χ4n) is 3.38. The van der Waals surface area contributed by atoms with Crippen molar-refractivity contribution >= 4 is 39.1 Å². The second-order valence-electron chi connectivity index (χ2n) is 6.92. The quantitative estimate of drug-likeness (QED) is 0.321. The van der Waals surface area contributed by atoms with Gasteiger partial charge in [0.25, 0.3) is 5.91 Å². The maximum absolute atomic E-state index is 12.3. The highest BCUT2D eigenvalue weighted by atomic mass is 32.1. The number of anilines is 1. The van der Waals surface area contributed by atoms with Crippen molar-refractivity contribution in [3.8, 4) is 0 Å². The highest BCUT2D eigenvalue weighted by Crippen LogP contribution is 2.28. The Morgan fingerprint density at radius 2 is 2.23 bits per heavy atom. The number of likely N-dealkylation sites (tertiary alicyclic amines) is 1. The van der Waals surface area contributed by atoms with Gasteiger partial charge in [-0.2, -0.15) is 0 Å². The molecule has 1 aliphatic rings. The van der Waals surface area contributed by atoms with Gasteiger partial charge in [-0.3, -0.25) is 9.69 Å². The van der Waals surface area contributed by atoms with Gasteiger partial charge in [0.05, 0.1) is 11.1 Å². The van der Waals surface area contributed by atoms with E-state index in [1.807, 2.05) is 6.92 Å². The average molecular weight is 429 g/mol. The zero-order valence-corrected chi connectivity index (χ0v) is 17.6. The second-order valence-corrected chi connectivity index (χ2v) is 7.95. The summed E-state index contributed by atoms with van der Waals surface area (Å²) in [5.41, 5.74) is 6.84. The minimum absolute atomic E-state index is 0.0955. The molecule has 1 amide bonds. The van der Waals surface area contributed by atoms with Crippen LogP contribution in [0.3, 0.4) is 0 Å². The zero-order valence-electron chi connectivity index (χ0n) is 16.8. The van der Waals surface area contributed by atoms with Crippen molar-refractivity contribution in [1.82, 2.24) is 20.2 Å². The lowest BCUT2D eigenvalue weighted by Gasteiger charge is -2.13. The number of thiophene rings is 1. The molecule has 3 aromatic heterocycles. The molecule has 3 aromatic rings. The lowest BCUT2D eigenvalue weighted by Crippen LogP contribution is -2.23. The molecule has 0 unspecified atom stereocenters. The molecule has 1 aliphatic heterocycles. The Kier molecular flexibility index (Phi) is 6.24. The van der Waals surface area contributed by atoms with Crippen molar-refractivity contribution in [3.63, 3.8) is 0 Å². The Labute approximate surface area is 177 Å². The van der Waals surface area contributed by atoms with Gasteiger partial charge >= 0.3 is 0 Å². The summed E-state index contributed by atoms with van der Waals surface area (Å²) in [6.07, 6.45) is 4.01. The highest BCUT2D eigenvalue weighted by Gasteiger charge is 2.21. The van der Waals surface area contributed by atoms with Gasteiger partial charge in [0.2, 0.25) is 5.95 Å². The Hall–Kier alpha value is -2.98. The normalized spacial score (nSPS) is 15.0. The Morgan fingerprint density at radius 1 is 1.40 bits per heavy atom. The van der Waals surface area contributed by atoms with Crippen LogP contribution in [0, 0.1) is 0 Å². The first-order chi connectivity index (χ1) is 14.7. The van der Waals surface area contributed by atoms with E-state index in [1.165, 1.54) is 24.2 Å². The lowest BCUT2D eigenvalue weighted by atomic mass is 10.1. The number of amides is 1. The number of carbonyl (C=O) groups is 1.